The van der Waals surface area contributed by atoms with Gasteiger partial charge < -0.3 is 5.32 Å². The summed E-state index contributed by atoms with van der Waals surface area (Å²) in [4.78, 5) is 12.4. The molecule has 0 aromatic heterocycles. The van der Waals surface area contributed by atoms with Crippen molar-refractivity contribution in [1.82, 2.24) is 5.32 Å². The molecule has 5 nitrogen and oxygen atoms in total. The molecule has 168 valence electrons. The summed E-state index contributed by atoms with van der Waals surface area (Å²) in [6.45, 7) is 2.36. The van der Waals surface area contributed by atoms with Gasteiger partial charge in [0.05, 0.1) is 18.5 Å². The Morgan fingerprint density at radius 1 is 1.00 bits per heavy atom. The number of nitrogens with zero attached hydrogens (tertiary/aromatic N) is 1. The highest BCUT2D eigenvalue weighted by atomic mass is 35.5. The Labute approximate surface area is 192 Å². The third-order valence-electron chi connectivity index (χ3n) is 5.00. The first-order valence-electron chi connectivity index (χ1n) is 9.99. The van der Waals surface area contributed by atoms with E-state index in [0.717, 1.165) is 22.9 Å². The number of sulfonamides is 1. The van der Waals surface area contributed by atoms with Crippen LogP contribution in [-0.2, 0) is 23.0 Å². The van der Waals surface area contributed by atoms with E-state index in [0.29, 0.717) is 29.2 Å². The van der Waals surface area contributed by atoms with Crippen molar-refractivity contribution in [2.24, 2.45) is 0 Å². The van der Waals surface area contributed by atoms with Crippen molar-refractivity contribution in [3.8, 4) is 0 Å². The monoisotopic (exact) mass is 474 g/mol. The number of anilines is 1. The Kier molecular flexibility index (Phi) is 7.53. The number of nitrogens with one attached hydrogen (secondary N) is 1. The van der Waals surface area contributed by atoms with E-state index in [1.165, 1.54) is 16.4 Å². The molecule has 32 heavy (non-hydrogen) atoms. The third kappa shape index (κ3) is 6.31. The topological polar surface area (TPSA) is 66.5 Å². The van der Waals surface area contributed by atoms with Crippen molar-refractivity contribution in [3.05, 3.63) is 99.8 Å². The van der Waals surface area contributed by atoms with Crippen LogP contribution in [0.1, 0.15) is 27.0 Å². The van der Waals surface area contributed by atoms with Crippen LogP contribution in [0.3, 0.4) is 0 Å². The second-order valence-corrected chi connectivity index (χ2v) is 9.87. The van der Waals surface area contributed by atoms with Gasteiger partial charge in [0, 0.05) is 17.1 Å². The van der Waals surface area contributed by atoms with Crippen molar-refractivity contribution in [3.63, 3.8) is 0 Å². The van der Waals surface area contributed by atoms with Gasteiger partial charge in [0.25, 0.3) is 5.91 Å². The number of carbonyl (C=O) groups excluding carboxylic acids is 1. The molecule has 8 heteroatoms. The molecule has 0 radical (unpaired) electrons. The van der Waals surface area contributed by atoms with Crippen LogP contribution in [0.25, 0.3) is 0 Å². The van der Waals surface area contributed by atoms with Gasteiger partial charge in [0.1, 0.15) is 5.82 Å². The summed E-state index contributed by atoms with van der Waals surface area (Å²) in [5.74, 6) is -0.526. The largest absolute Gasteiger partial charge is 0.352 e. The highest BCUT2D eigenvalue weighted by molar-refractivity contribution is 7.92. The van der Waals surface area contributed by atoms with Crippen molar-refractivity contribution < 1.29 is 17.6 Å². The van der Waals surface area contributed by atoms with Crippen molar-refractivity contribution in [2.45, 2.75) is 19.9 Å². The molecule has 3 rings (SSSR count). The predicted molar refractivity (Wildman–Crippen MR) is 126 cm³/mol. The van der Waals surface area contributed by atoms with Crippen molar-refractivity contribution in [1.29, 1.82) is 0 Å². The molecule has 0 aliphatic carbocycles. The average molecular weight is 475 g/mol. The number of benzene rings is 3. The zero-order valence-electron chi connectivity index (χ0n) is 17.8. The SMILES string of the molecule is Cc1ccc(Cl)cc1N(Cc1ccc(C(=O)NCCc2ccc(F)cc2)cc1)S(C)(=O)=O. The van der Waals surface area contributed by atoms with E-state index in [1.54, 1.807) is 54.6 Å². The Hall–Kier alpha value is -2.90. The van der Waals surface area contributed by atoms with Gasteiger partial charge in [-0.2, -0.15) is 0 Å². The van der Waals surface area contributed by atoms with E-state index in [-0.39, 0.29) is 18.3 Å². The number of rotatable bonds is 8. The molecule has 1 amide bonds. The summed E-state index contributed by atoms with van der Waals surface area (Å²) < 4.78 is 39.1. The van der Waals surface area contributed by atoms with Gasteiger partial charge in [-0.05, 0) is 66.4 Å². The van der Waals surface area contributed by atoms with Crippen LogP contribution in [0.15, 0.2) is 66.7 Å². The number of hydrogen-bond acceptors (Lipinski definition) is 3. The summed E-state index contributed by atoms with van der Waals surface area (Å²) in [6.07, 6.45) is 1.74. The fourth-order valence-corrected chi connectivity index (χ4v) is 4.34. The highest BCUT2D eigenvalue weighted by Crippen LogP contribution is 2.28. The molecule has 3 aromatic rings. The number of halogens is 2. The lowest BCUT2D eigenvalue weighted by molar-refractivity contribution is 0.0954. The molecule has 3 aromatic carbocycles. The van der Waals surface area contributed by atoms with E-state index in [4.69, 9.17) is 11.6 Å². The molecular weight excluding hydrogens is 451 g/mol. The molecule has 0 bridgehead atoms. The van der Waals surface area contributed by atoms with Gasteiger partial charge in [-0.15, -0.1) is 0 Å². The maximum absolute atomic E-state index is 13.0. The van der Waals surface area contributed by atoms with Crippen molar-refractivity contribution >= 4 is 33.2 Å². The number of carbonyl (C=O) groups is 1. The standard InChI is InChI=1S/C24H24ClFN2O3S/c1-17-3-10-21(25)15-23(17)28(32(2,30)31)16-19-4-8-20(9-5-19)24(29)27-14-13-18-6-11-22(26)12-7-18/h3-12,15H,13-14,16H2,1-2H3,(H,27,29). The summed E-state index contributed by atoms with van der Waals surface area (Å²) >= 11 is 6.07. The zero-order chi connectivity index (χ0) is 23.3. The van der Waals surface area contributed by atoms with E-state index < -0.39 is 10.0 Å². The van der Waals surface area contributed by atoms with E-state index in [2.05, 4.69) is 5.32 Å². The lowest BCUT2D eigenvalue weighted by Crippen LogP contribution is -2.30. The van der Waals surface area contributed by atoms with Crippen LogP contribution in [0.2, 0.25) is 5.02 Å². The molecule has 0 unspecified atom stereocenters. The summed E-state index contributed by atoms with van der Waals surface area (Å²) in [7, 11) is -3.55. The summed E-state index contributed by atoms with van der Waals surface area (Å²) in [6, 6.07) is 18.0. The summed E-state index contributed by atoms with van der Waals surface area (Å²) in [5, 5.41) is 3.28. The maximum atomic E-state index is 13.0. The fourth-order valence-electron chi connectivity index (χ4n) is 3.23. The van der Waals surface area contributed by atoms with Gasteiger partial charge >= 0.3 is 0 Å². The van der Waals surface area contributed by atoms with Gasteiger partial charge in [-0.3, -0.25) is 9.10 Å². The van der Waals surface area contributed by atoms with Crippen LogP contribution in [0, 0.1) is 12.7 Å². The number of amides is 1. The Balaban J connectivity index is 1.66. The van der Waals surface area contributed by atoms with Gasteiger partial charge in [0.2, 0.25) is 10.0 Å². The molecule has 0 aliphatic rings. The Bertz CT molecular complexity index is 1200. The van der Waals surface area contributed by atoms with Crippen LogP contribution >= 0.6 is 11.6 Å². The first-order chi connectivity index (χ1) is 15.1. The molecule has 0 spiro atoms. The summed E-state index contributed by atoms with van der Waals surface area (Å²) in [5.41, 5.74) is 3.44. The molecule has 1 N–H and O–H groups in total. The first-order valence-corrected chi connectivity index (χ1v) is 12.2. The van der Waals surface area contributed by atoms with Gasteiger partial charge in [-0.25, -0.2) is 12.8 Å². The van der Waals surface area contributed by atoms with Gasteiger partial charge in [-0.1, -0.05) is 41.9 Å². The maximum Gasteiger partial charge on any atom is 0.251 e. The van der Waals surface area contributed by atoms with E-state index in [1.807, 2.05) is 6.92 Å². The normalized spacial score (nSPS) is 11.2. The van der Waals surface area contributed by atoms with E-state index >= 15 is 0 Å². The number of hydrogen-bond donors (Lipinski definition) is 1. The quantitative estimate of drug-likeness (QED) is 0.513. The minimum Gasteiger partial charge on any atom is -0.352 e. The smallest absolute Gasteiger partial charge is 0.251 e. The van der Waals surface area contributed by atoms with Crippen LogP contribution in [-0.4, -0.2) is 27.1 Å². The highest BCUT2D eigenvalue weighted by Gasteiger charge is 2.20. The van der Waals surface area contributed by atoms with E-state index in [9.17, 15) is 17.6 Å². The van der Waals surface area contributed by atoms with Crippen LogP contribution < -0.4 is 9.62 Å². The molecule has 0 aliphatic heterocycles. The number of aryl methyl sites for hydroxylation is 1. The molecule has 0 heterocycles. The second kappa shape index (κ2) is 10.1. The first kappa shape index (κ1) is 23.8. The third-order valence-corrected chi connectivity index (χ3v) is 6.36. The molecule has 0 saturated carbocycles. The second-order valence-electron chi connectivity index (χ2n) is 7.53. The minimum absolute atomic E-state index is 0.118. The lowest BCUT2D eigenvalue weighted by Gasteiger charge is -2.24. The molecule has 0 saturated heterocycles. The Morgan fingerprint density at radius 2 is 1.62 bits per heavy atom. The average Bonchev–Trinajstić information content (AvgIpc) is 2.75. The van der Waals surface area contributed by atoms with Crippen molar-refractivity contribution in [2.75, 3.05) is 17.1 Å². The zero-order valence-corrected chi connectivity index (χ0v) is 19.4. The molecular formula is C24H24ClFN2O3S. The van der Waals surface area contributed by atoms with Crippen LogP contribution in [0.5, 0.6) is 0 Å². The van der Waals surface area contributed by atoms with Gasteiger partial charge in [0.15, 0.2) is 0 Å². The molecule has 0 fully saturated rings. The Morgan fingerprint density at radius 3 is 2.25 bits per heavy atom. The fraction of sp³-hybridized carbons (Fsp3) is 0.208. The predicted octanol–water partition coefficient (Wildman–Crippen LogP) is 4.73. The lowest BCUT2D eigenvalue weighted by atomic mass is 10.1. The minimum atomic E-state index is -3.55. The van der Waals surface area contributed by atoms with Crippen LogP contribution in [0.4, 0.5) is 10.1 Å². The molecule has 0 atom stereocenters.